The molecule has 116 valence electrons. The van der Waals surface area contributed by atoms with Crippen molar-refractivity contribution in [3.05, 3.63) is 28.2 Å². The van der Waals surface area contributed by atoms with Gasteiger partial charge in [0.05, 0.1) is 7.11 Å². The van der Waals surface area contributed by atoms with Crippen LogP contribution in [0.4, 0.5) is 0 Å². The highest BCUT2D eigenvalue weighted by Crippen LogP contribution is 2.39. The van der Waals surface area contributed by atoms with Crippen LogP contribution in [-0.2, 0) is 24.1 Å². The van der Waals surface area contributed by atoms with Crippen LogP contribution in [0.25, 0.3) is 0 Å². The van der Waals surface area contributed by atoms with Gasteiger partial charge in [0.2, 0.25) is 4.90 Å². The smallest absolute Gasteiger partial charge is 0.330 e. The fourth-order valence-electron chi connectivity index (χ4n) is 2.57. The van der Waals surface area contributed by atoms with Gasteiger partial charge in [0.25, 0.3) is 0 Å². The highest BCUT2D eigenvalue weighted by molar-refractivity contribution is 7.95. The average Bonchev–Trinajstić information content (AvgIpc) is 2.80. The molecule has 1 heterocycles. The standard InChI is InChI=1S/C13H15Cl2NO4S/c1-13(12(17)20-2)4-3-5-16(13)21(18,19)11-7-9(14)6-10(15)8-11/h6-8H,3-5H2,1-2H3/p+1/t13-/m0/s1. The van der Waals surface area contributed by atoms with Crippen LogP contribution < -0.4 is 0 Å². The molecule has 0 aliphatic carbocycles. The quantitative estimate of drug-likeness (QED) is 0.669. The second-order valence-corrected chi connectivity index (χ2v) is 7.85. The van der Waals surface area contributed by atoms with E-state index in [1.807, 2.05) is 0 Å². The predicted molar refractivity (Wildman–Crippen MR) is 81.8 cm³/mol. The van der Waals surface area contributed by atoms with E-state index in [1.165, 1.54) is 29.6 Å². The van der Waals surface area contributed by atoms with Crippen molar-refractivity contribution in [1.82, 2.24) is 4.31 Å². The van der Waals surface area contributed by atoms with Gasteiger partial charge in [0.1, 0.15) is 0 Å². The first-order valence-corrected chi connectivity index (χ1v) is 8.53. The summed E-state index contributed by atoms with van der Waals surface area (Å²) in [4.78, 5) is 12.1. The number of ether oxygens (including phenoxy) is 1. The van der Waals surface area contributed by atoms with Gasteiger partial charge in [0.15, 0.2) is 5.54 Å². The summed E-state index contributed by atoms with van der Waals surface area (Å²) in [6.45, 7) is 1.92. The average molecular weight is 353 g/mol. The fourth-order valence-corrected chi connectivity index (χ4v) is 5.13. The molecule has 1 fully saturated rings. The molecule has 1 aliphatic rings. The molecule has 1 aliphatic heterocycles. The van der Waals surface area contributed by atoms with Gasteiger partial charge in [-0.05, 0) is 30.0 Å². The number of carbonyl (C=O) groups is 1. The first kappa shape index (κ1) is 16.7. The van der Waals surface area contributed by atoms with Crippen LogP contribution in [0.5, 0.6) is 0 Å². The molecule has 1 unspecified atom stereocenters. The fraction of sp³-hybridized carbons (Fsp3) is 0.462. The van der Waals surface area contributed by atoms with E-state index in [0.717, 1.165) is 0 Å². The van der Waals surface area contributed by atoms with Crippen LogP contribution in [0.3, 0.4) is 0 Å². The molecular formula is C13H16Cl2NO4S+. The van der Waals surface area contributed by atoms with Crippen molar-refractivity contribution in [3.63, 3.8) is 0 Å². The molecule has 0 aromatic heterocycles. The number of hydrogen-bond donors (Lipinski definition) is 1. The Morgan fingerprint density at radius 2 is 1.95 bits per heavy atom. The third-order valence-electron chi connectivity index (χ3n) is 3.64. The lowest BCUT2D eigenvalue weighted by molar-refractivity contribution is -0.150. The zero-order valence-electron chi connectivity index (χ0n) is 11.6. The summed E-state index contributed by atoms with van der Waals surface area (Å²) in [7, 11) is -2.37. The van der Waals surface area contributed by atoms with Crippen LogP contribution in [0.1, 0.15) is 19.8 Å². The van der Waals surface area contributed by atoms with Gasteiger partial charge >= 0.3 is 16.4 Å². The molecular weight excluding hydrogens is 337 g/mol. The molecule has 0 amide bonds. The molecule has 0 radical (unpaired) electrons. The zero-order valence-corrected chi connectivity index (χ0v) is 14.0. The summed E-state index contributed by atoms with van der Waals surface area (Å²) >= 11 is 11.8. The van der Waals surface area contributed by atoms with E-state index in [9.17, 15) is 13.6 Å². The minimum absolute atomic E-state index is 0.0806. The lowest BCUT2D eigenvalue weighted by Gasteiger charge is -2.28. The van der Waals surface area contributed by atoms with Gasteiger partial charge in [-0.25, -0.2) is 4.79 Å². The second-order valence-electron chi connectivity index (χ2n) is 5.07. The number of esters is 1. The van der Waals surface area contributed by atoms with Crippen LogP contribution in [0.2, 0.25) is 10.0 Å². The highest BCUT2D eigenvalue weighted by atomic mass is 35.5. The Kier molecular flexibility index (Phi) is 4.66. The number of rotatable bonds is 3. The Hall–Kier alpha value is -0.660. The van der Waals surface area contributed by atoms with Crippen molar-refractivity contribution in [1.29, 1.82) is 0 Å². The number of methoxy groups -OCH3 is 1. The first-order chi connectivity index (χ1) is 9.71. The number of hydrogen-bond acceptors (Lipinski definition) is 3. The van der Waals surface area contributed by atoms with Gasteiger partial charge < -0.3 is 4.74 Å². The summed E-state index contributed by atoms with van der Waals surface area (Å²) in [6.07, 6.45) is 1.07. The van der Waals surface area contributed by atoms with Crippen LogP contribution in [-0.4, -0.2) is 34.0 Å². The maximum absolute atomic E-state index is 12.9. The summed E-state index contributed by atoms with van der Waals surface area (Å²) in [5.74, 6) is -0.532. The maximum atomic E-state index is 12.9. The monoisotopic (exact) mass is 352 g/mol. The minimum Gasteiger partial charge on any atom is -0.468 e. The summed E-state index contributed by atoms with van der Waals surface area (Å²) in [6, 6.07) is 4.24. The summed E-state index contributed by atoms with van der Waals surface area (Å²) in [5.41, 5.74) is -1.14. The van der Waals surface area contributed by atoms with Gasteiger partial charge in [-0.2, -0.15) is 4.55 Å². The predicted octanol–water partition coefficient (Wildman–Crippen LogP) is 3.27. The van der Waals surface area contributed by atoms with E-state index in [1.54, 1.807) is 6.92 Å². The normalized spacial score (nSPS) is 25.6. The van der Waals surface area contributed by atoms with Gasteiger partial charge in [-0.1, -0.05) is 27.5 Å². The van der Waals surface area contributed by atoms with Crippen molar-refractivity contribution in [2.45, 2.75) is 30.2 Å². The molecule has 21 heavy (non-hydrogen) atoms. The number of nitrogens with zero attached hydrogens (tertiary/aromatic N) is 1. The Labute approximate surface area is 134 Å². The zero-order chi connectivity index (χ0) is 15.8. The van der Waals surface area contributed by atoms with Crippen molar-refractivity contribution in [2.75, 3.05) is 13.7 Å². The van der Waals surface area contributed by atoms with Gasteiger partial charge in [-0.3, -0.25) is 0 Å². The third kappa shape index (κ3) is 2.96. The number of halogens is 2. The Morgan fingerprint density at radius 3 is 2.48 bits per heavy atom. The molecule has 2 atom stereocenters. The van der Waals surface area contributed by atoms with Gasteiger partial charge in [0, 0.05) is 28.7 Å². The molecule has 0 saturated carbocycles. The first-order valence-electron chi connectivity index (χ1n) is 6.31. The molecule has 1 aromatic rings. The maximum Gasteiger partial charge on any atom is 0.330 e. The van der Waals surface area contributed by atoms with E-state index in [4.69, 9.17) is 27.9 Å². The lowest BCUT2D eigenvalue weighted by atomic mass is 10.0. The van der Waals surface area contributed by atoms with E-state index < -0.39 is 21.9 Å². The van der Waals surface area contributed by atoms with E-state index in [0.29, 0.717) is 19.4 Å². The largest absolute Gasteiger partial charge is 0.468 e. The topological polar surface area (TPSA) is 66.8 Å². The van der Waals surface area contributed by atoms with Crippen molar-refractivity contribution < 1.29 is 18.3 Å². The molecule has 0 bridgehead atoms. The minimum atomic E-state index is -3.63. The highest BCUT2D eigenvalue weighted by Gasteiger charge is 2.57. The molecule has 1 aromatic carbocycles. The SMILES string of the molecule is COC(=O)[C@]1(C)CCCN1[S+](=O)(O)c1cc(Cl)cc(Cl)c1. The molecule has 8 heteroatoms. The van der Waals surface area contributed by atoms with Crippen molar-refractivity contribution in [3.8, 4) is 0 Å². The van der Waals surface area contributed by atoms with Gasteiger partial charge in [-0.15, -0.1) is 0 Å². The van der Waals surface area contributed by atoms with Crippen LogP contribution in [0.15, 0.2) is 23.1 Å². The molecule has 1 N–H and O–H groups in total. The van der Waals surface area contributed by atoms with E-state index >= 15 is 0 Å². The third-order valence-corrected chi connectivity index (χ3v) is 6.11. The van der Waals surface area contributed by atoms with E-state index in [2.05, 4.69) is 0 Å². The lowest BCUT2D eigenvalue weighted by Crippen LogP contribution is -2.53. The molecule has 5 nitrogen and oxygen atoms in total. The molecule has 1 saturated heterocycles. The van der Waals surface area contributed by atoms with Crippen LogP contribution >= 0.6 is 23.2 Å². The summed E-state index contributed by atoms with van der Waals surface area (Å²) < 4.78 is 29.5. The van der Waals surface area contributed by atoms with E-state index in [-0.39, 0.29) is 14.9 Å². The van der Waals surface area contributed by atoms with Crippen molar-refractivity contribution in [2.24, 2.45) is 0 Å². The Bertz CT molecular complexity index is 604. The summed E-state index contributed by atoms with van der Waals surface area (Å²) in [5, 5.41) is 0.525. The second kappa shape index (κ2) is 5.85. The Morgan fingerprint density at radius 1 is 1.38 bits per heavy atom. The molecule has 0 spiro atoms. The number of benzene rings is 1. The van der Waals surface area contributed by atoms with Crippen molar-refractivity contribution >= 4 is 39.6 Å². The van der Waals surface area contributed by atoms with Crippen LogP contribution in [0, 0.1) is 0 Å². The Balaban J connectivity index is 2.47. The molecule has 2 rings (SSSR count). The number of carbonyl (C=O) groups excluding carboxylic acids is 1.